The standard InChI is InChI=1S/C21H36N4O3/c1-15(2)23-11-8-21(9-12-23)18(27)25(19(28)22-21)16-7-6-10-24(14-16)17(26)13-20(3,4)5/h15-16H,6-14H2,1-5H3,(H,22,28). The van der Waals surface area contributed by atoms with Gasteiger partial charge in [0.1, 0.15) is 5.54 Å². The van der Waals surface area contributed by atoms with E-state index in [0.29, 0.717) is 38.4 Å². The Morgan fingerprint density at radius 3 is 2.39 bits per heavy atom. The van der Waals surface area contributed by atoms with Crippen LogP contribution in [-0.2, 0) is 9.59 Å². The first-order chi connectivity index (χ1) is 13.0. The average Bonchev–Trinajstić information content (AvgIpc) is 2.84. The van der Waals surface area contributed by atoms with Gasteiger partial charge >= 0.3 is 6.03 Å². The van der Waals surface area contributed by atoms with Gasteiger partial charge in [0.25, 0.3) is 5.91 Å². The van der Waals surface area contributed by atoms with E-state index in [0.717, 1.165) is 25.9 Å². The Balaban J connectivity index is 1.67. The molecule has 1 unspecified atom stereocenters. The predicted octanol–water partition coefficient (Wildman–Crippen LogP) is 2.21. The molecule has 1 spiro atoms. The van der Waals surface area contributed by atoms with Crippen LogP contribution < -0.4 is 5.32 Å². The number of carbonyl (C=O) groups excluding carboxylic acids is 3. The first-order valence-electron chi connectivity index (χ1n) is 10.7. The molecule has 7 nitrogen and oxygen atoms in total. The fourth-order valence-corrected chi connectivity index (χ4v) is 4.69. The van der Waals surface area contributed by atoms with Gasteiger partial charge in [-0.1, -0.05) is 20.8 Å². The Bertz CT molecular complexity index is 632. The van der Waals surface area contributed by atoms with Crippen molar-refractivity contribution in [1.82, 2.24) is 20.0 Å². The van der Waals surface area contributed by atoms with Gasteiger partial charge in [-0.15, -0.1) is 0 Å². The van der Waals surface area contributed by atoms with Crippen molar-refractivity contribution in [3.8, 4) is 0 Å². The fraction of sp³-hybridized carbons (Fsp3) is 0.857. The minimum Gasteiger partial charge on any atom is -0.341 e. The zero-order chi connectivity index (χ0) is 20.7. The predicted molar refractivity (Wildman–Crippen MR) is 108 cm³/mol. The lowest BCUT2D eigenvalue weighted by atomic mass is 9.86. The van der Waals surface area contributed by atoms with Crippen LogP contribution in [0.15, 0.2) is 0 Å². The molecule has 7 heteroatoms. The summed E-state index contributed by atoms with van der Waals surface area (Å²) in [6, 6.07) is -0.0489. The van der Waals surface area contributed by atoms with Gasteiger partial charge < -0.3 is 15.1 Å². The van der Waals surface area contributed by atoms with Crippen LogP contribution in [0.5, 0.6) is 0 Å². The van der Waals surface area contributed by atoms with Gasteiger partial charge in [0, 0.05) is 38.6 Å². The largest absolute Gasteiger partial charge is 0.341 e. The number of imide groups is 1. The Hall–Kier alpha value is -1.63. The number of amides is 4. The highest BCUT2D eigenvalue weighted by Gasteiger charge is 2.54. The first-order valence-corrected chi connectivity index (χ1v) is 10.7. The zero-order valence-electron chi connectivity index (χ0n) is 18.1. The molecule has 0 aromatic carbocycles. The number of carbonyl (C=O) groups is 3. The van der Waals surface area contributed by atoms with Crippen LogP contribution in [0.3, 0.4) is 0 Å². The highest BCUT2D eigenvalue weighted by atomic mass is 16.2. The van der Waals surface area contributed by atoms with E-state index in [9.17, 15) is 14.4 Å². The number of urea groups is 1. The van der Waals surface area contributed by atoms with E-state index in [1.165, 1.54) is 4.90 Å². The number of hydrogen-bond donors (Lipinski definition) is 1. The van der Waals surface area contributed by atoms with E-state index in [1.807, 2.05) is 4.90 Å². The Kier molecular flexibility index (Phi) is 5.76. The molecule has 4 amide bonds. The van der Waals surface area contributed by atoms with Crippen LogP contribution in [-0.4, -0.2) is 76.3 Å². The second kappa shape index (κ2) is 7.65. The summed E-state index contributed by atoms with van der Waals surface area (Å²) >= 11 is 0. The molecule has 0 aromatic rings. The smallest absolute Gasteiger partial charge is 0.325 e. The summed E-state index contributed by atoms with van der Waals surface area (Å²) in [7, 11) is 0. The van der Waals surface area contributed by atoms with Crippen LogP contribution in [0.4, 0.5) is 4.79 Å². The number of rotatable bonds is 3. The molecule has 0 saturated carbocycles. The third kappa shape index (κ3) is 4.19. The van der Waals surface area contributed by atoms with Crippen molar-refractivity contribution in [3.05, 3.63) is 0 Å². The zero-order valence-corrected chi connectivity index (χ0v) is 18.1. The molecule has 3 aliphatic rings. The van der Waals surface area contributed by atoms with Gasteiger partial charge in [-0.2, -0.15) is 0 Å². The lowest BCUT2D eigenvalue weighted by Crippen LogP contribution is -2.57. The maximum absolute atomic E-state index is 13.3. The summed E-state index contributed by atoms with van der Waals surface area (Å²) in [5.41, 5.74) is -0.820. The molecule has 0 bridgehead atoms. The van der Waals surface area contributed by atoms with Gasteiger partial charge in [-0.3, -0.25) is 14.5 Å². The van der Waals surface area contributed by atoms with Crippen molar-refractivity contribution in [2.45, 2.75) is 84.3 Å². The van der Waals surface area contributed by atoms with E-state index < -0.39 is 5.54 Å². The van der Waals surface area contributed by atoms with E-state index in [4.69, 9.17) is 0 Å². The summed E-state index contributed by atoms with van der Waals surface area (Å²) in [6.45, 7) is 13.3. The third-order valence-electron chi connectivity index (χ3n) is 6.37. The molecule has 0 aromatic heterocycles. The monoisotopic (exact) mass is 392 g/mol. The quantitative estimate of drug-likeness (QED) is 0.748. The van der Waals surface area contributed by atoms with Gasteiger partial charge in [-0.25, -0.2) is 4.79 Å². The number of piperidine rings is 2. The number of hydrogen-bond acceptors (Lipinski definition) is 4. The Morgan fingerprint density at radius 1 is 1.18 bits per heavy atom. The van der Waals surface area contributed by atoms with Gasteiger partial charge in [0.2, 0.25) is 5.91 Å². The molecule has 3 rings (SSSR count). The Labute approximate surface area is 168 Å². The maximum Gasteiger partial charge on any atom is 0.325 e. The summed E-state index contributed by atoms with van der Waals surface area (Å²) in [6.07, 6.45) is 3.39. The number of likely N-dealkylation sites (tertiary alicyclic amines) is 2. The highest BCUT2D eigenvalue weighted by Crippen LogP contribution is 2.33. The summed E-state index contributed by atoms with van der Waals surface area (Å²) in [5, 5.41) is 3.02. The molecular formula is C21H36N4O3. The topological polar surface area (TPSA) is 73.0 Å². The van der Waals surface area contributed by atoms with E-state index in [1.54, 1.807) is 0 Å². The molecule has 0 aliphatic carbocycles. The summed E-state index contributed by atoms with van der Waals surface area (Å²) < 4.78 is 0. The van der Waals surface area contributed by atoms with Crippen LogP contribution >= 0.6 is 0 Å². The Morgan fingerprint density at radius 2 is 1.82 bits per heavy atom. The molecular weight excluding hydrogens is 356 g/mol. The van der Waals surface area contributed by atoms with Gasteiger partial charge in [0.15, 0.2) is 0 Å². The van der Waals surface area contributed by atoms with Gasteiger partial charge in [-0.05, 0) is 44.9 Å². The third-order valence-corrected chi connectivity index (χ3v) is 6.37. The SMILES string of the molecule is CC(C)N1CCC2(CC1)NC(=O)N(C1CCCN(C(=O)CC(C)(C)C)C1)C2=O. The van der Waals surface area contributed by atoms with E-state index in [-0.39, 0.29) is 29.3 Å². The second-order valence-electron chi connectivity index (χ2n) is 10.2. The van der Waals surface area contributed by atoms with Crippen molar-refractivity contribution in [3.63, 3.8) is 0 Å². The molecule has 1 atom stereocenters. The fourth-order valence-electron chi connectivity index (χ4n) is 4.69. The molecule has 28 heavy (non-hydrogen) atoms. The normalized spacial score (nSPS) is 26.3. The van der Waals surface area contributed by atoms with Crippen molar-refractivity contribution in [2.75, 3.05) is 26.2 Å². The lowest BCUT2D eigenvalue weighted by molar-refractivity contribution is -0.140. The second-order valence-corrected chi connectivity index (χ2v) is 10.2. The highest BCUT2D eigenvalue weighted by molar-refractivity contribution is 6.07. The minimum atomic E-state index is -0.750. The molecule has 0 radical (unpaired) electrons. The number of nitrogens with zero attached hydrogens (tertiary/aromatic N) is 3. The molecule has 3 fully saturated rings. The van der Waals surface area contributed by atoms with Crippen molar-refractivity contribution in [1.29, 1.82) is 0 Å². The van der Waals surface area contributed by atoms with Crippen molar-refractivity contribution < 1.29 is 14.4 Å². The molecule has 3 heterocycles. The number of nitrogens with one attached hydrogen (secondary N) is 1. The molecule has 3 saturated heterocycles. The maximum atomic E-state index is 13.3. The van der Waals surface area contributed by atoms with Gasteiger partial charge in [0.05, 0.1) is 6.04 Å². The van der Waals surface area contributed by atoms with E-state index in [2.05, 4.69) is 44.8 Å². The first kappa shape index (κ1) is 21.1. The van der Waals surface area contributed by atoms with Crippen molar-refractivity contribution >= 4 is 17.8 Å². The van der Waals surface area contributed by atoms with Crippen LogP contribution in [0, 0.1) is 5.41 Å². The van der Waals surface area contributed by atoms with Crippen LogP contribution in [0.1, 0.15) is 66.7 Å². The minimum absolute atomic E-state index is 0.0701. The van der Waals surface area contributed by atoms with Crippen molar-refractivity contribution in [2.24, 2.45) is 5.41 Å². The van der Waals surface area contributed by atoms with E-state index >= 15 is 0 Å². The average molecular weight is 393 g/mol. The van der Waals surface area contributed by atoms with Crippen LogP contribution in [0.2, 0.25) is 0 Å². The lowest BCUT2D eigenvalue weighted by Gasteiger charge is -2.40. The van der Waals surface area contributed by atoms with Crippen LogP contribution in [0.25, 0.3) is 0 Å². The summed E-state index contributed by atoms with van der Waals surface area (Å²) in [5.74, 6) is 0.0280. The molecule has 158 valence electrons. The summed E-state index contributed by atoms with van der Waals surface area (Å²) in [4.78, 5) is 44.3. The molecule has 3 aliphatic heterocycles. The molecule has 1 N–H and O–H groups in total.